The second-order valence-electron chi connectivity index (χ2n) is 8.61. The monoisotopic (exact) mass is 432 g/mol. The molecule has 2 aromatic rings. The van der Waals surface area contributed by atoms with Crippen molar-refractivity contribution < 1.29 is 23.8 Å². The molecule has 1 aromatic heterocycles. The van der Waals surface area contributed by atoms with Crippen LogP contribution in [0.3, 0.4) is 0 Å². The molecule has 0 radical (unpaired) electrons. The molecule has 2 heterocycles. The normalized spacial score (nSPS) is 21.4. The molecule has 1 aliphatic heterocycles. The highest BCUT2D eigenvalue weighted by molar-refractivity contribution is 7.80. The van der Waals surface area contributed by atoms with E-state index in [1.54, 1.807) is 13.1 Å². The molecule has 1 saturated heterocycles. The highest BCUT2D eigenvalue weighted by Crippen LogP contribution is 2.42. The largest absolute Gasteiger partial charge is 0.464 e. The quantitative estimate of drug-likeness (QED) is 0.575. The summed E-state index contributed by atoms with van der Waals surface area (Å²) in [7, 11) is 0. The minimum atomic E-state index is -1.07. The molecule has 0 bridgehead atoms. The van der Waals surface area contributed by atoms with Gasteiger partial charge in [0.25, 0.3) is 5.17 Å². The first-order valence-electron chi connectivity index (χ1n) is 10.0. The Morgan fingerprint density at radius 1 is 1.30 bits per heavy atom. The first-order chi connectivity index (χ1) is 14.0. The molecule has 7 nitrogen and oxygen atoms in total. The van der Waals surface area contributed by atoms with Gasteiger partial charge in [-0.3, -0.25) is 4.57 Å². The van der Waals surface area contributed by atoms with E-state index in [9.17, 15) is 9.59 Å². The van der Waals surface area contributed by atoms with Crippen LogP contribution in [0.1, 0.15) is 47.1 Å². The zero-order valence-corrected chi connectivity index (χ0v) is 19.0. The van der Waals surface area contributed by atoms with Gasteiger partial charge in [-0.2, -0.15) is 0 Å². The van der Waals surface area contributed by atoms with Gasteiger partial charge >= 0.3 is 12.1 Å². The fourth-order valence-electron chi connectivity index (χ4n) is 3.78. The molecule has 30 heavy (non-hydrogen) atoms. The molecule has 1 aromatic carbocycles. The number of aromatic nitrogens is 1. The highest BCUT2D eigenvalue weighted by Gasteiger charge is 2.55. The SMILES string of the molecule is CCOC(=O)C1NC(=S)OC1(c1ccc2ccn(C(=O)OC(C)(C)C)c2c1)C(C)C. The standard InChI is InChI=1S/C22H28N2O5S/c1-7-27-18(25)17-22(13(2)3,28-19(30)23-17)15-9-8-14-10-11-24(16(14)12-15)20(26)29-21(4,5)6/h8-13,17H,7H2,1-6H3,(H,23,30). The molecule has 0 spiro atoms. The lowest BCUT2D eigenvalue weighted by molar-refractivity contribution is -0.151. The molecule has 8 heteroatoms. The van der Waals surface area contributed by atoms with Crippen LogP contribution in [-0.4, -0.2) is 40.1 Å². The molecular formula is C22H28N2O5S. The summed E-state index contributed by atoms with van der Waals surface area (Å²) in [4.78, 5) is 25.4. The van der Waals surface area contributed by atoms with E-state index >= 15 is 0 Å². The molecule has 2 unspecified atom stereocenters. The summed E-state index contributed by atoms with van der Waals surface area (Å²) in [6.07, 6.45) is 1.20. The van der Waals surface area contributed by atoms with E-state index in [-0.39, 0.29) is 17.7 Å². The van der Waals surface area contributed by atoms with Crippen LogP contribution in [0.5, 0.6) is 0 Å². The van der Waals surface area contributed by atoms with Crippen LogP contribution in [0.4, 0.5) is 4.79 Å². The number of nitrogens with one attached hydrogen (secondary N) is 1. The van der Waals surface area contributed by atoms with Crippen molar-refractivity contribution in [2.24, 2.45) is 5.92 Å². The summed E-state index contributed by atoms with van der Waals surface area (Å²) in [5, 5.41) is 3.96. The summed E-state index contributed by atoms with van der Waals surface area (Å²) in [6, 6.07) is 6.67. The number of nitrogens with zero attached hydrogens (tertiary/aromatic N) is 1. The maximum Gasteiger partial charge on any atom is 0.418 e. The Bertz CT molecular complexity index is 991. The highest BCUT2D eigenvalue weighted by atomic mass is 32.1. The average molecular weight is 433 g/mol. The Morgan fingerprint density at radius 2 is 2.00 bits per heavy atom. The number of hydrogen-bond donors (Lipinski definition) is 1. The molecule has 1 N–H and O–H groups in total. The van der Waals surface area contributed by atoms with E-state index in [1.165, 1.54) is 4.57 Å². The Kier molecular flexibility index (Phi) is 5.82. The van der Waals surface area contributed by atoms with E-state index in [0.29, 0.717) is 5.52 Å². The van der Waals surface area contributed by atoms with Crippen molar-refractivity contribution in [1.82, 2.24) is 9.88 Å². The van der Waals surface area contributed by atoms with Crippen molar-refractivity contribution >= 4 is 40.4 Å². The summed E-state index contributed by atoms with van der Waals surface area (Å²) >= 11 is 5.25. The lowest BCUT2D eigenvalue weighted by atomic mass is 9.77. The number of benzene rings is 1. The number of hydrogen-bond acceptors (Lipinski definition) is 6. The Balaban J connectivity index is 2.13. The fraction of sp³-hybridized carbons (Fsp3) is 0.500. The summed E-state index contributed by atoms with van der Waals surface area (Å²) in [6.45, 7) is 11.4. The topological polar surface area (TPSA) is 78.8 Å². The van der Waals surface area contributed by atoms with Gasteiger partial charge in [0.15, 0.2) is 11.6 Å². The van der Waals surface area contributed by atoms with Gasteiger partial charge in [-0.1, -0.05) is 26.0 Å². The Labute approximate surface area is 181 Å². The van der Waals surface area contributed by atoms with Crippen molar-refractivity contribution in [3.05, 3.63) is 36.0 Å². The number of ether oxygens (including phenoxy) is 3. The zero-order chi connectivity index (χ0) is 22.3. The second kappa shape index (κ2) is 7.91. The smallest absolute Gasteiger partial charge is 0.418 e. The zero-order valence-electron chi connectivity index (χ0n) is 18.1. The Hall–Kier alpha value is -2.61. The van der Waals surface area contributed by atoms with Crippen LogP contribution in [0.15, 0.2) is 30.5 Å². The van der Waals surface area contributed by atoms with Gasteiger partial charge in [-0.05, 0) is 52.0 Å². The maximum atomic E-state index is 12.7. The van der Waals surface area contributed by atoms with Crippen LogP contribution >= 0.6 is 12.2 Å². The van der Waals surface area contributed by atoms with Gasteiger partial charge in [0.05, 0.1) is 12.1 Å². The third-order valence-corrected chi connectivity index (χ3v) is 5.27. The van der Waals surface area contributed by atoms with Crippen molar-refractivity contribution in [3.63, 3.8) is 0 Å². The first kappa shape index (κ1) is 22.1. The summed E-state index contributed by atoms with van der Waals surface area (Å²) in [5.74, 6) is -0.559. The first-order valence-corrected chi connectivity index (χ1v) is 10.4. The van der Waals surface area contributed by atoms with Gasteiger partial charge in [-0.25, -0.2) is 9.59 Å². The average Bonchev–Trinajstić information content (AvgIpc) is 3.21. The lowest BCUT2D eigenvalue weighted by Crippen LogP contribution is -2.50. The third-order valence-electron chi connectivity index (χ3n) is 5.07. The molecule has 2 atom stereocenters. The number of fused-ring (bicyclic) bond motifs is 1. The summed E-state index contributed by atoms with van der Waals surface area (Å²) in [5.41, 5.74) is -0.310. The molecule has 3 rings (SSSR count). The van der Waals surface area contributed by atoms with Crippen LogP contribution < -0.4 is 5.32 Å². The van der Waals surface area contributed by atoms with E-state index < -0.39 is 29.3 Å². The van der Waals surface area contributed by atoms with Gasteiger partial charge in [0.2, 0.25) is 0 Å². The van der Waals surface area contributed by atoms with E-state index in [2.05, 4.69) is 5.32 Å². The maximum absolute atomic E-state index is 12.7. The van der Waals surface area contributed by atoms with Gasteiger partial charge in [-0.15, -0.1) is 0 Å². The van der Waals surface area contributed by atoms with Crippen LogP contribution in [0.25, 0.3) is 10.9 Å². The second-order valence-corrected chi connectivity index (χ2v) is 8.98. The van der Waals surface area contributed by atoms with Gasteiger partial charge in [0, 0.05) is 23.1 Å². The van der Waals surface area contributed by atoms with Crippen LogP contribution in [0, 0.1) is 5.92 Å². The molecule has 1 aliphatic rings. The number of rotatable bonds is 4. The van der Waals surface area contributed by atoms with Crippen molar-refractivity contribution in [2.75, 3.05) is 6.61 Å². The van der Waals surface area contributed by atoms with Crippen molar-refractivity contribution in [1.29, 1.82) is 0 Å². The molecule has 162 valence electrons. The molecule has 0 saturated carbocycles. The lowest BCUT2D eigenvalue weighted by Gasteiger charge is -2.35. The van der Waals surface area contributed by atoms with Gasteiger partial charge < -0.3 is 19.5 Å². The molecular weight excluding hydrogens is 404 g/mol. The van der Waals surface area contributed by atoms with Crippen LogP contribution in [0.2, 0.25) is 0 Å². The molecule has 1 fully saturated rings. The number of esters is 1. The van der Waals surface area contributed by atoms with E-state index in [0.717, 1.165) is 10.9 Å². The molecule has 0 aliphatic carbocycles. The predicted molar refractivity (Wildman–Crippen MR) is 117 cm³/mol. The number of thiocarbonyl (C=S) groups is 1. The van der Waals surface area contributed by atoms with Crippen LogP contribution in [-0.2, 0) is 24.6 Å². The summed E-state index contributed by atoms with van der Waals surface area (Å²) < 4.78 is 18.3. The Morgan fingerprint density at radius 3 is 2.60 bits per heavy atom. The number of carbonyl (C=O) groups is 2. The predicted octanol–water partition coefficient (Wildman–Crippen LogP) is 4.11. The van der Waals surface area contributed by atoms with Crippen molar-refractivity contribution in [2.45, 2.75) is 58.8 Å². The number of carbonyl (C=O) groups excluding carboxylic acids is 2. The van der Waals surface area contributed by atoms with Gasteiger partial charge in [0.1, 0.15) is 5.60 Å². The van der Waals surface area contributed by atoms with E-state index in [4.69, 9.17) is 26.4 Å². The fourth-order valence-corrected chi connectivity index (χ4v) is 4.03. The third kappa shape index (κ3) is 3.88. The molecule has 0 amide bonds. The van der Waals surface area contributed by atoms with E-state index in [1.807, 2.05) is 58.9 Å². The van der Waals surface area contributed by atoms with Crippen molar-refractivity contribution in [3.8, 4) is 0 Å². The minimum absolute atomic E-state index is 0.123. The minimum Gasteiger partial charge on any atom is -0.464 e.